The third-order valence-electron chi connectivity index (χ3n) is 3.38. The lowest BCUT2D eigenvalue weighted by Gasteiger charge is -2.25. The summed E-state index contributed by atoms with van der Waals surface area (Å²) < 4.78 is 7.21. The fourth-order valence-electron chi connectivity index (χ4n) is 2.20. The summed E-state index contributed by atoms with van der Waals surface area (Å²) in [5, 5.41) is 0. The van der Waals surface area contributed by atoms with Gasteiger partial charge in [0.1, 0.15) is 11.9 Å². The van der Waals surface area contributed by atoms with Crippen LogP contribution in [0, 0.1) is 13.8 Å². The average molecular weight is 334 g/mol. The Morgan fingerprint density at radius 1 is 1.05 bits per heavy atom. The Labute approximate surface area is 129 Å². The highest BCUT2D eigenvalue weighted by molar-refractivity contribution is 9.10. The van der Waals surface area contributed by atoms with Gasteiger partial charge in [-0.3, -0.25) is 0 Å². The maximum Gasteiger partial charge on any atom is 0.139 e. The molecule has 2 nitrogen and oxygen atoms in total. The van der Waals surface area contributed by atoms with Crippen LogP contribution in [0.1, 0.15) is 29.7 Å². The van der Waals surface area contributed by atoms with E-state index in [1.54, 1.807) is 0 Å². The highest BCUT2D eigenvalue weighted by Gasteiger charge is 2.20. The number of rotatable bonds is 4. The standard InChI is InChI=1S/C17H20BrNO/c1-11-6-4-5-7-15(11)17(13(3)19)20-16-10-14(18)9-8-12(16)2/h4-10,13,17H,19H2,1-3H3. The van der Waals surface area contributed by atoms with E-state index < -0.39 is 0 Å². The van der Waals surface area contributed by atoms with E-state index in [9.17, 15) is 0 Å². The molecule has 0 aliphatic heterocycles. The summed E-state index contributed by atoms with van der Waals surface area (Å²) in [6.45, 7) is 6.10. The Balaban J connectivity index is 2.36. The van der Waals surface area contributed by atoms with Gasteiger partial charge in [0.15, 0.2) is 0 Å². The van der Waals surface area contributed by atoms with Crippen molar-refractivity contribution in [2.75, 3.05) is 0 Å². The summed E-state index contributed by atoms with van der Waals surface area (Å²) in [7, 11) is 0. The molecule has 0 aliphatic carbocycles. The molecular formula is C17H20BrNO. The van der Waals surface area contributed by atoms with Crippen molar-refractivity contribution >= 4 is 15.9 Å². The molecule has 0 saturated carbocycles. The molecule has 0 saturated heterocycles. The lowest BCUT2D eigenvalue weighted by atomic mass is 9.99. The zero-order chi connectivity index (χ0) is 14.7. The first-order valence-corrected chi connectivity index (χ1v) is 7.52. The molecule has 0 bridgehead atoms. The number of halogens is 1. The molecular weight excluding hydrogens is 314 g/mol. The largest absolute Gasteiger partial charge is 0.484 e. The van der Waals surface area contributed by atoms with Crippen molar-refractivity contribution in [3.63, 3.8) is 0 Å². The second-order valence-corrected chi connectivity index (χ2v) is 6.08. The molecule has 0 aromatic heterocycles. The van der Waals surface area contributed by atoms with Gasteiger partial charge in [-0.25, -0.2) is 0 Å². The summed E-state index contributed by atoms with van der Waals surface area (Å²) in [5.74, 6) is 0.866. The fraction of sp³-hybridized carbons (Fsp3) is 0.294. The first kappa shape index (κ1) is 15.1. The summed E-state index contributed by atoms with van der Waals surface area (Å²) in [6, 6.07) is 14.2. The number of aryl methyl sites for hydroxylation is 2. The SMILES string of the molecule is Cc1ccc(Br)cc1OC(c1ccccc1C)C(C)N. The zero-order valence-electron chi connectivity index (χ0n) is 12.1. The van der Waals surface area contributed by atoms with E-state index in [4.69, 9.17) is 10.5 Å². The van der Waals surface area contributed by atoms with E-state index in [0.717, 1.165) is 21.3 Å². The molecule has 2 atom stereocenters. The van der Waals surface area contributed by atoms with E-state index in [1.165, 1.54) is 5.56 Å². The van der Waals surface area contributed by atoms with E-state index in [2.05, 4.69) is 35.0 Å². The Kier molecular flexibility index (Phi) is 4.84. The van der Waals surface area contributed by atoms with Crippen molar-refractivity contribution < 1.29 is 4.74 Å². The van der Waals surface area contributed by atoms with Crippen molar-refractivity contribution in [3.05, 3.63) is 63.6 Å². The predicted molar refractivity (Wildman–Crippen MR) is 87.1 cm³/mol. The van der Waals surface area contributed by atoms with Gasteiger partial charge in [0.2, 0.25) is 0 Å². The molecule has 0 fully saturated rings. The Hall–Kier alpha value is -1.32. The minimum Gasteiger partial charge on any atom is -0.484 e. The highest BCUT2D eigenvalue weighted by atomic mass is 79.9. The number of benzene rings is 2. The van der Waals surface area contributed by atoms with Gasteiger partial charge in [-0.2, -0.15) is 0 Å². The maximum atomic E-state index is 6.20. The number of nitrogens with two attached hydrogens (primary N) is 1. The second-order valence-electron chi connectivity index (χ2n) is 5.16. The third-order valence-corrected chi connectivity index (χ3v) is 3.87. The van der Waals surface area contributed by atoms with Crippen molar-refractivity contribution in [2.24, 2.45) is 5.73 Å². The minimum atomic E-state index is -0.149. The van der Waals surface area contributed by atoms with Gasteiger partial charge in [0.05, 0.1) is 0 Å². The molecule has 2 aromatic rings. The van der Waals surface area contributed by atoms with Crippen LogP contribution in [-0.4, -0.2) is 6.04 Å². The molecule has 0 heterocycles. The molecule has 106 valence electrons. The van der Waals surface area contributed by atoms with Gasteiger partial charge in [0.25, 0.3) is 0 Å². The summed E-state index contributed by atoms with van der Waals surface area (Å²) in [5.41, 5.74) is 9.58. The Morgan fingerprint density at radius 3 is 2.40 bits per heavy atom. The van der Waals surface area contributed by atoms with Gasteiger partial charge in [-0.1, -0.05) is 46.3 Å². The van der Waals surface area contributed by atoms with Crippen LogP contribution in [0.5, 0.6) is 5.75 Å². The minimum absolute atomic E-state index is 0.0884. The normalized spacial score (nSPS) is 13.8. The third kappa shape index (κ3) is 3.41. The van der Waals surface area contributed by atoms with E-state index in [0.29, 0.717) is 0 Å². The van der Waals surface area contributed by atoms with Crippen LogP contribution in [0.4, 0.5) is 0 Å². The number of hydrogen-bond donors (Lipinski definition) is 1. The summed E-state index contributed by atoms with van der Waals surface area (Å²) in [4.78, 5) is 0. The van der Waals surface area contributed by atoms with Crippen LogP contribution in [0.15, 0.2) is 46.9 Å². The van der Waals surface area contributed by atoms with Gasteiger partial charge in [-0.05, 0) is 49.6 Å². The quantitative estimate of drug-likeness (QED) is 0.891. The van der Waals surface area contributed by atoms with Crippen LogP contribution in [0.3, 0.4) is 0 Å². The second kappa shape index (κ2) is 6.42. The molecule has 2 rings (SSSR count). The first-order valence-electron chi connectivity index (χ1n) is 6.73. The van der Waals surface area contributed by atoms with Gasteiger partial charge < -0.3 is 10.5 Å². The van der Waals surface area contributed by atoms with Crippen molar-refractivity contribution in [3.8, 4) is 5.75 Å². The Morgan fingerprint density at radius 2 is 1.75 bits per heavy atom. The number of ether oxygens (including phenoxy) is 1. The van der Waals surface area contributed by atoms with Crippen molar-refractivity contribution in [1.29, 1.82) is 0 Å². The topological polar surface area (TPSA) is 35.2 Å². The number of hydrogen-bond acceptors (Lipinski definition) is 2. The lowest BCUT2D eigenvalue weighted by molar-refractivity contribution is 0.178. The molecule has 3 heteroatoms. The van der Waals surface area contributed by atoms with Crippen LogP contribution in [0.2, 0.25) is 0 Å². The van der Waals surface area contributed by atoms with E-state index in [-0.39, 0.29) is 12.1 Å². The summed E-state index contributed by atoms with van der Waals surface area (Å²) >= 11 is 3.48. The average Bonchev–Trinajstić information content (AvgIpc) is 2.40. The van der Waals surface area contributed by atoms with Crippen LogP contribution in [0.25, 0.3) is 0 Å². The molecule has 2 N–H and O–H groups in total. The molecule has 0 aliphatic rings. The Bertz CT molecular complexity index is 595. The summed E-state index contributed by atoms with van der Waals surface area (Å²) in [6.07, 6.45) is -0.149. The molecule has 2 unspecified atom stereocenters. The highest BCUT2D eigenvalue weighted by Crippen LogP contribution is 2.30. The van der Waals surface area contributed by atoms with Crippen molar-refractivity contribution in [1.82, 2.24) is 0 Å². The van der Waals surface area contributed by atoms with E-state index >= 15 is 0 Å². The molecule has 2 aromatic carbocycles. The predicted octanol–water partition coefficient (Wildman–Crippen LogP) is 4.53. The van der Waals surface area contributed by atoms with Gasteiger partial charge >= 0.3 is 0 Å². The van der Waals surface area contributed by atoms with Crippen LogP contribution >= 0.6 is 15.9 Å². The van der Waals surface area contributed by atoms with Crippen LogP contribution < -0.4 is 10.5 Å². The lowest BCUT2D eigenvalue weighted by Crippen LogP contribution is -2.29. The first-order chi connectivity index (χ1) is 9.49. The zero-order valence-corrected chi connectivity index (χ0v) is 13.6. The van der Waals surface area contributed by atoms with Gasteiger partial charge in [0, 0.05) is 10.5 Å². The smallest absolute Gasteiger partial charge is 0.139 e. The molecule has 0 spiro atoms. The fourth-order valence-corrected chi connectivity index (χ4v) is 2.54. The molecule has 0 radical (unpaired) electrons. The van der Waals surface area contributed by atoms with Crippen LogP contribution in [-0.2, 0) is 0 Å². The monoisotopic (exact) mass is 333 g/mol. The maximum absolute atomic E-state index is 6.20. The molecule has 0 amide bonds. The molecule has 20 heavy (non-hydrogen) atoms. The van der Waals surface area contributed by atoms with Gasteiger partial charge in [-0.15, -0.1) is 0 Å². The van der Waals surface area contributed by atoms with E-state index in [1.807, 2.05) is 44.2 Å². The van der Waals surface area contributed by atoms with Crippen molar-refractivity contribution in [2.45, 2.75) is 32.9 Å².